The van der Waals surface area contributed by atoms with Gasteiger partial charge in [-0.25, -0.2) is 23.2 Å². The number of carbonyl (C=O) groups excluding carboxylic acids is 1. The van der Waals surface area contributed by atoms with E-state index in [0.717, 1.165) is 68.6 Å². The number of carbonyl (C=O) groups is 1. The number of hydrogen-bond donors (Lipinski definition) is 1. The summed E-state index contributed by atoms with van der Waals surface area (Å²) in [5, 5.41) is 15.7. The number of piperazine rings is 1. The summed E-state index contributed by atoms with van der Waals surface area (Å²) in [5.41, 5.74) is 0.734. The van der Waals surface area contributed by atoms with Gasteiger partial charge in [-0.1, -0.05) is 25.8 Å². The van der Waals surface area contributed by atoms with E-state index in [2.05, 4.69) is 38.9 Å². The van der Waals surface area contributed by atoms with Crippen LogP contribution in [-0.2, 0) is 21.6 Å². The molecule has 302 valence electrons. The first-order valence-corrected chi connectivity index (χ1v) is 19.0. The zero-order valence-corrected chi connectivity index (χ0v) is 31.9. The minimum Gasteiger partial charge on any atom is -0.488 e. The highest BCUT2D eigenvalue weighted by atomic mass is 20.0. The third kappa shape index (κ3) is 8.87. The molecule has 0 radical (unpaired) electrons. The maximum atomic E-state index is 14.9. The zero-order chi connectivity index (χ0) is 39.9. The largest absolute Gasteiger partial charge is 0.488 e. The number of rotatable bonds is 14. The van der Waals surface area contributed by atoms with Crippen molar-refractivity contribution < 1.29 is 42.0 Å². The Bertz CT molecular complexity index is 1870. The number of ether oxygens (including phenoxy) is 3. The van der Waals surface area contributed by atoms with Crippen molar-refractivity contribution in [2.24, 2.45) is 0 Å². The van der Waals surface area contributed by atoms with Crippen LogP contribution in [0, 0.1) is 11.6 Å². The molecule has 3 aliphatic heterocycles. The minimum absolute atomic E-state index is 0.0250. The van der Waals surface area contributed by atoms with E-state index >= 15 is 0 Å². The van der Waals surface area contributed by atoms with Gasteiger partial charge in [-0.15, -0.1) is 0 Å². The van der Waals surface area contributed by atoms with Crippen LogP contribution in [0.25, 0.3) is 0 Å². The maximum absolute atomic E-state index is 14.9. The van der Waals surface area contributed by atoms with Gasteiger partial charge >= 0.3 is 6.03 Å². The first-order valence-electron chi connectivity index (χ1n) is 19.0. The van der Waals surface area contributed by atoms with Crippen molar-refractivity contribution in [1.29, 1.82) is 0 Å². The Labute approximate surface area is 324 Å². The molecular weight excluding hydrogens is 734 g/mol. The highest BCUT2D eigenvalue weighted by Gasteiger charge is 2.50. The fraction of sp³-hybridized carbons (Fsp3) is 0.475. The van der Waals surface area contributed by atoms with E-state index < -0.39 is 29.3 Å². The summed E-state index contributed by atoms with van der Waals surface area (Å²) < 4.78 is 64.4. The van der Waals surface area contributed by atoms with Crippen molar-refractivity contribution in [3.63, 3.8) is 0 Å². The molecule has 56 heavy (non-hydrogen) atoms. The quantitative estimate of drug-likeness (QED) is 0.107. The molecule has 3 atom stereocenters. The molecule has 7 rings (SSSR count). The fourth-order valence-corrected chi connectivity index (χ4v) is 7.82. The predicted octanol–water partition coefficient (Wildman–Crippen LogP) is 6.99. The number of unbranched alkanes of at least 4 members (excludes halogenated alkanes) is 2. The number of anilines is 3. The van der Waals surface area contributed by atoms with Gasteiger partial charge in [-0.2, -0.15) is 5.10 Å². The van der Waals surface area contributed by atoms with E-state index in [1.54, 1.807) is 9.80 Å². The Kier molecular flexibility index (Phi) is 13.0. The molecule has 1 unspecified atom stereocenters. The lowest BCUT2D eigenvalue weighted by molar-refractivity contribution is -0.117. The molecule has 0 saturated carbocycles. The molecule has 0 spiro atoms. The summed E-state index contributed by atoms with van der Waals surface area (Å²) in [6.07, 6.45) is 5.63. The van der Waals surface area contributed by atoms with E-state index in [1.807, 2.05) is 50.2 Å². The minimum atomic E-state index is -1.24. The number of benzene rings is 3. The molecule has 4 heterocycles. The Morgan fingerprint density at radius 1 is 0.929 bits per heavy atom. The van der Waals surface area contributed by atoms with Crippen LogP contribution < -0.4 is 19.4 Å². The number of β-amino-alcohol motifs (C(OH)–C–C–N with tert-alkyl or cyclic N) is 1. The van der Waals surface area contributed by atoms with Gasteiger partial charge in [-0.3, -0.25) is 9.80 Å². The average molecular weight is 784 g/mol. The first-order chi connectivity index (χ1) is 27.1. The highest BCUT2D eigenvalue weighted by Crippen LogP contribution is 2.38. The number of halogens is 4. The predicted molar refractivity (Wildman–Crippen MR) is 203 cm³/mol. The van der Waals surface area contributed by atoms with Crippen LogP contribution in [0.2, 0.25) is 0 Å². The van der Waals surface area contributed by atoms with Gasteiger partial charge in [0.2, 0.25) is 0 Å². The molecule has 3 fully saturated rings. The van der Waals surface area contributed by atoms with Crippen molar-refractivity contribution in [3.8, 4) is 5.75 Å². The molecule has 16 heteroatoms. The van der Waals surface area contributed by atoms with Crippen molar-refractivity contribution in [2.75, 3.05) is 60.6 Å². The number of aromatic nitrogens is 3. The second-order valence-corrected chi connectivity index (χ2v) is 14.6. The van der Waals surface area contributed by atoms with Gasteiger partial charge in [-0.05, 0) is 81.3 Å². The molecule has 1 N–H and O–H groups in total. The van der Waals surface area contributed by atoms with Crippen molar-refractivity contribution in [2.45, 2.75) is 76.7 Å². The van der Waals surface area contributed by atoms with Crippen molar-refractivity contribution in [3.05, 3.63) is 96.6 Å². The van der Waals surface area contributed by atoms with Gasteiger partial charge in [0.1, 0.15) is 42.2 Å². The van der Waals surface area contributed by atoms with Crippen LogP contribution in [0.15, 0.2) is 79.4 Å². The highest BCUT2D eigenvalue weighted by molar-refractivity contribution is 5.95. The summed E-state index contributed by atoms with van der Waals surface area (Å²) in [7, 11) is 0. The monoisotopic (exact) mass is 783 g/mol. The Morgan fingerprint density at radius 2 is 1.57 bits per heavy atom. The lowest BCUT2D eigenvalue weighted by Crippen LogP contribution is -2.50. The van der Waals surface area contributed by atoms with Crippen LogP contribution in [0.1, 0.15) is 52.0 Å². The molecule has 3 aliphatic rings. The molecule has 3 aromatic carbocycles. The van der Waals surface area contributed by atoms with Crippen LogP contribution in [0.3, 0.4) is 0 Å². The number of aliphatic hydroxyl groups is 1. The topological polar surface area (TPSA) is 109 Å². The van der Waals surface area contributed by atoms with E-state index in [0.29, 0.717) is 12.2 Å². The molecule has 0 aliphatic carbocycles. The van der Waals surface area contributed by atoms with E-state index in [9.17, 15) is 18.7 Å². The van der Waals surface area contributed by atoms with Gasteiger partial charge in [0.25, 0.3) is 0 Å². The second kappa shape index (κ2) is 17.9. The fourth-order valence-electron chi connectivity index (χ4n) is 7.82. The number of nitrogens with zero attached hydrogens (tertiary/aromatic N) is 7. The summed E-state index contributed by atoms with van der Waals surface area (Å²) in [4.78, 5) is 25.4. The summed E-state index contributed by atoms with van der Waals surface area (Å²) in [6, 6.07) is 19.1. The van der Waals surface area contributed by atoms with Crippen molar-refractivity contribution in [1.82, 2.24) is 19.7 Å². The van der Waals surface area contributed by atoms with Gasteiger partial charge in [0, 0.05) is 70.1 Å². The standard InChI is InChI=1S/C40H49F2N7O5.F2/c1-4-5-6-17-40(51)25-48(38(50)49(40)29(2)3)33-10-8-31(9-11-33)45-18-20-46(21-19-45)32-12-14-34(15-13-32)52-23-37-53-26-39(54-37,24-47-28-43-27-44-47)35-16-7-30(41)22-36(35)42;1-2/h7-16,22,27-29,37,51H,4-6,17-21,23-26H2,1-3H3;/t37-,39+,40?;/m0./s1. The third-order valence-corrected chi connectivity index (χ3v) is 10.6. The number of urea groups is 1. The molecular formula is C40H49F4N7O5. The molecule has 0 bridgehead atoms. The van der Waals surface area contributed by atoms with E-state index in [-0.39, 0.29) is 43.9 Å². The van der Waals surface area contributed by atoms with Crippen LogP contribution in [0.5, 0.6) is 5.75 Å². The van der Waals surface area contributed by atoms with Crippen LogP contribution >= 0.6 is 0 Å². The summed E-state index contributed by atoms with van der Waals surface area (Å²) in [6.45, 7) is 9.86. The first kappa shape index (κ1) is 40.7. The molecule has 4 aromatic rings. The van der Waals surface area contributed by atoms with E-state index in [1.165, 1.54) is 29.5 Å². The van der Waals surface area contributed by atoms with Gasteiger partial charge < -0.3 is 29.1 Å². The summed E-state index contributed by atoms with van der Waals surface area (Å²) >= 11 is 0. The smallest absolute Gasteiger partial charge is 0.327 e. The maximum Gasteiger partial charge on any atom is 0.327 e. The number of amides is 2. The normalized spacial score (nSPS) is 22.5. The van der Waals surface area contributed by atoms with Crippen molar-refractivity contribution >= 4 is 23.1 Å². The van der Waals surface area contributed by atoms with Gasteiger partial charge in [0.05, 0.1) is 19.7 Å². The molecule has 3 saturated heterocycles. The van der Waals surface area contributed by atoms with Gasteiger partial charge in [0.15, 0.2) is 12.0 Å². The van der Waals surface area contributed by atoms with Crippen LogP contribution in [-0.4, -0.2) is 94.8 Å². The number of hydrogen-bond acceptors (Lipinski definition) is 9. The molecule has 2 amide bonds. The Balaban J connectivity index is 0.00000262. The lowest BCUT2D eigenvalue weighted by atomic mass is 9.94. The second-order valence-electron chi connectivity index (χ2n) is 14.6. The average Bonchev–Trinajstić information content (AvgIpc) is 3.94. The summed E-state index contributed by atoms with van der Waals surface area (Å²) in [5.74, 6) is -0.764. The lowest BCUT2D eigenvalue weighted by Gasteiger charge is -2.37. The molecule has 12 nitrogen and oxygen atoms in total. The third-order valence-electron chi connectivity index (χ3n) is 10.6. The molecule has 1 aromatic heterocycles. The zero-order valence-electron chi connectivity index (χ0n) is 31.9. The van der Waals surface area contributed by atoms with Crippen LogP contribution in [0.4, 0.5) is 39.8 Å². The van der Waals surface area contributed by atoms with E-state index in [4.69, 9.17) is 23.4 Å². The Morgan fingerprint density at radius 3 is 2.16 bits per heavy atom. The Hall–Kier alpha value is -4.93. The SMILES string of the molecule is CCCCCC1(O)CN(c2ccc(N3CCN(c4ccc(OC[C@H]5OC[C@](Cn6cncn6)(c6ccc(F)cc6F)O5)cc4)CC3)cc2)C(=O)N1C(C)C.FF.